The molecule has 1 aliphatic heterocycles. The number of rotatable bonds is 3. The van der Waals surface area contributed by atoms with Gasteiger partial charge >= 0.3 is 0 Å². The first-order valence-corrected chi connectivity index (χ1v) is 6.59. The van der Waals surface area contributed by atoms with Crippen molar-refractivity contribution in [3.05, 3.63) is 28.6 Å². The van der Waals surface area contributed by atoms with Crippen LogP contribution in [0.15, 0.2) is 22.9 Å². The third-order valence-electron chi connectivity index (χ3n) is 3.03. The number of imidazole rings is 1. The molecule has 0 aliphatic carbocycles. The van der Waals surface area contributed by atoms with Crippen LogP contribution in [0.1, 0.15) is 18.5 Å². The molecule has 0 saturated carbocycles. The molecule has 1 aliphatic rings. The fourth-order valence-electron chi connectivity index (χ4n) is 1.97. The lowest BCUT2D eigenvalue weighted by molar-refractivity contribution is 0.338. The second-order valence-electron chi connectivity index (χ2n) is 4.21. The van der Waals surface area contributed by atoms with Crippen LogP contribution in [0.4, 0.5) is 0 Å². The van der Waals surface area contributed by atoms with Gasteiger partial charge in [-0.15, -0.1) is 12.4 Å². The third-order valence-corrected chi connectivity index (χ3v) is 3.62. The Morgan fingerprint density at radius 2 is 2.28 bits per heavy atom. The van der Waals surface area contributed by atoms with E-state index in [1.807, 2.05) is 23.6 Å². The average molecular weight is 333 g/mol. The van der Waals surface area contributed by atoms with Crippen LogP contribution in [-0.2, 0) is 0 Å². The average Bonchev–Trinajstić information content (AvgIpc) is 2.58. The highest BCUT2D eigenvalue weighted by atomic mass is 79.9. The molecule has 0 spiro atoms. The molecule has 2 aromatic rings. The molecular weight excluding hydrogens is 318 g/mol. The van der Waals surface area contributed by atoms with Gasteiger partial charge in [0.1, 0.15) is 11.4 Å². The summed E-state index contributed by atoms with van der Waals surface area (Å²) in [6.07, 6.45) is 4.10. The number of halogens is 2. The minimum absolute atomic E-state index is 0. The van der Waals surface area contributed by atoms with Crippen molar-refractivity contribution in [3.8, 4) is 5.75 Å². The predicted molar refractivity (Wildman–Crippen MR) is 76.9 cm³/mol. The summed E-state index contributed by atoms with van der Waals surface area (Å²) in [5.74, 6) is 1.41. The van der Waals surface area contributed by atoms with Crippen molar-refractivity contribution in [2.75, 3.05) is 19.7 Å². The van der Waals surface area contributed by atoms with Gasteiger partial charge in [0.05, 0.1) is 16.8 Å². The van der Waals surface area contributed by atoms with Crippen molar-refractivity contribution < 1.29 is 4.74 Å². The van der Waals surface area contributed by atoms with Crippen LogP contribution in [-0.4, -0.2) is 29.1 Å². The molecular formula is C12H15BrClN3O. The summed E-state index contributed by atoms with van der Waals surface area (Å²) in [6.45, 7) is 4.70. The number of hydrogen-bond donors (Lipinski definition) is 1. The van der Waals surface area contributed by atoms with Gasteiger partial charge in [-0.2, -0.15) is 0 Å². The topological polar surface area (TPSA) is 38.6 Å². The first kappa shape index (κ1) is 13.6. The fourth-order valence-corrected chi connectivity index (χ4v) is 2.42. The summed E-state index contributed by atoms with van der Waals surface area (Å²) < 4.78 is 8.54. The number of hydrogen-bond acceptors (Lipinski definition) is 3. The number of ether oxygens (including phenoxy) is 1. The second kappa shape index (κ2) is 5.47. The summed E-state index contributed by atoms with van der Waals surface area (Å²) >= 11 is 3.51. The summed E-state index contributed by atoms with van der Waals surface area (Å²) in [5, 5.41) is 3.26. The normalized spacial score (nSPS) is 15.2. The maximum Gasteiger partial charge on any atom is 0.140 e. The highest BCUT2D eigenvalue weighted by Gasteiger charge is 2.21. The Balaban J connectivity index is 0.00000120. The standard InChI is InChI=1S/C12H14BrN3O.ClH/c1-2-17-11-3-12-15-10(8-4-14-5-8)7-16(12)6-9(11)13;/h3,6-8,14H,2,4-5H2,1H3;1H. The summed E-state index contributed by atoms with van der Waals surface area (Å²) in [7, 11) is 0. The Labute approximate surface area is 120 Å². The third kappa shape index (κ3) is 2.35. The molecule has 0 amide bonds. The Bertz CT molecular complexity index is 553. The molecule has 3 rings (SSSR count). The fraction of sp³-hybridized carbons (Fsp3) is 0.417. The van der Waals surface area contributed by atoms with Crippen molar-refractivity contribution in [2.45, 2.75) is 12.8 Å². The van der Waals surface area contributed by atoms with Crippen LogP contribution in [0.5, 0.6) is 5.75 Å². The first-order valence-electron chi connectivity index (χ1n) is 5.79. The van der Waals surface area contributed by atoms with E-state index in [1.54, 1.807) is 0 Å². The van der Waals surface area contributed by atoms with E-state index in [1.165, 1.54) is 0 Å². The van der Waals surface area contributed by atoms with E-state index in [9.17, 15) is 0 Å². The lowest BCUT2D eigenvalue weighted by Crippen LogP contribution is -2.40. The second-order valence-corrected chi connectivity index (χ2v) is 5.06. The maximum absolute atomic E-state index is 5.54. The molecule has 1 fully saturated rings. The lowest BCUT2D eigenvalue weighted by Gasteiger charge is -2.24. The molecule has 3 heterocycles. The molecule has 0 radical (unpaired) electrons. The van der Waals surface area contributed by atoms with Crippen molar-refractivity contribution in [1.29, 1.82) is 0 Å². The monoisotopic (exact) mass is 331 g/mol. The smallest absolute Gasteiger partial charge is 0.140 e. The minimum atomic E-state index is 0. The van der Waals surface area contributed by atoms with E-state index < -0.39 is 0 Å². The van der Waals surface area contributed by atoms with Crippen molar-refractivity contribution >= 4 is 34.0 Å². The Morgan fingerprint density at radius 1 is 1.50 bits per heavy atom. The lowest BCUT2D eigenvalue weighted by atomic mass is 10.0. The zero-order valence-corrected chi connectivity index (χ0v) is 12.4. The van der Waals surface area contributed by atoms with E-state index in [4.69, 9.17) is 4.74 Å². The first-order chi connectivity index (χ1) is 8.28. The highest BCUT2D eigenvalue weighted by Crippen LogP contribution is 2.28. The van der Waals surface area contributed by atoms with Crippen molar-refractivity contribution in [3.63, 3.8) is 0 Å². The van der Waals surface area contributed by atoms with Crippen molar-refractivity contribution in [1.82, 2.24) is 14.7 Å². The van der Waals surface area contributed by atoms with E-state index in [-0.39, 0.29) is 12.4 Å². The van der Waals surface area contributed by atoms with Gasteiger partial charge in [0.2, 0.25) is 0 Å². The molecule has 0 unspecified atom stereocenters. The van der Waals surface area contributed by atoms with Gasteiger partial charge < -0.3 is 14.5 Å². The molecule has 4 nitrogen and oxygen atoms in total. The Hall–Kier alpha value is -0.780. The number of nitrogens with one attached hydrogen (secondary N) is 1. The molecule has 0 bridgehead atoms. The zero-order valence-electron chi connectivity index (χ0n) is 10.0. The Kier molecular flexibility index (Phi) is 4.14. The highest BCUT2D eigenvalue weighted by molar-refractivity contribution is 9.10. The van der Waals surface area contributed by atoms with Gasteiger partial charge in [-0.1, -0.05) is 0 Å². The van der Waals surface area contributed by atoms with Crippen LogP contribution in [0, 0.1) is 0 Å². The molecule has 1 saturated heterocycles. The van der Waals surface area contributed by atoms with E-state index in [2.05, 4.69) is 32.4 Å². The largest absolute Gasteiger partial charge is 0.492 e. The molecule has 0 aromatic carbocycles. The molecule has 2 aromatic heterocycles. The molecule has 98 valence electrons. The SMILES string of the molecule is CCOc1cc2nc(C3CNC3)cn2cc1Br.Cl. The van der Waals surface area contributed by atoms with Gasteiger partial charge in [0.15, 0.2) is 0 Å². The van der Waals surface area contributed by atoms with Gasteiger partial charge in [-0.3, -0.25) is 0 Å². The maximum atomic E-state index is 5.54. The van der Waals surface area contributed by atoms with Gasteiger partial charge in [-0.05, 0) is 22.9 Å². The van der Waals surface area contributed by atoms with Gasteiger partial charge in [0, 0.05) is 37.5 Å². The van der Waals surface area contributed by atoms with E-state index in [0.717, 1.165) is 34.7 Å². The molecule has 6 heteroatoms. The van der Waals surface area contributed by atoms with Gasteiger partial charge in [0.25, 0.3) is 0 Å². The van der Waals surface area contributed by atoms with Crippen molar-refractivity contribution in [2.24, 2.45) is 0 Å². The Morgan fingerprint density at radius 3 is 2.89 bits per heavy atom. The zero-order chi connectivity index (χ0) is 11.8. The molecule has 1 N–H and O–H groups in total. The van der Waals surface area contributed by atoms with Crippen LogP contribution < -0.4 is 10.1 Å². The predicted octanol–water partition coefficient (Wildman–Crippen LogP) is 2.60. The summed E-state index contributed by atoms with van der Waals surface area (Å²) in [6, 6.07) is 1.98. The van der Waals surface area contributed by atoms with Crippen LogP contribution in [0.3, 0.4) is 0 Å². The number of aromatic nitrogens is 2. The van der Waals surface area contributed by atoms with Crippen LogP contribution in [0.25, 0.3) is 5.65 Å². The van der Waals surface area contributed by atoms with Gasteiger partial charge in [-0.25, -0.2) is 4.98 Å². The molecule has 0 atom stereocenters. The number of pyridine rings is 1. The minimum Gasteiger partial charge on any atom is -0.492 e. The van der Waals surface area contributed by atoms with Crippen LogP contribution in [0.2, 0.25) is 0 Å². The number of fused-ring (bicyclic) bond motifs is 1. The van der Waals surface area contributed by atoms with E-state index >= 15 is 0 Å². The molecule has 18 heavy (non-hydrogen) atoms. The van der Waals surface area contributed by atoms with E-state index in [0.29, 0.717) is 12.5 Å². The number of nitrogens with zero attached hydrogens (tertiary/aromatic N) is 2. The van der Waals surface area contributed by atoms with Crippen LogP contribution >= 0.6 is 28.3 Å². The summed E-state index contributed by atoms with van der Waals surface area (Å²) in [4.78, 5) is 4.64. The summed E-state index contributed by atoms with van der Waals surface area (Å²) in [5.41, 5.74) is 2.10. The quantitative estimate of drug-likeness (QED) is 0.939.